The Kier molecular flexibility index (Phi) is 5.81. The van der Waals surface area contributed by atoms with E-state index in [9.17, 15) is 4.79 Å². The first-order chi connectivity index (χ1) is 13.1. The molecule has 142 valence electrons. The number of rotatable bonds is 6. The maximum Gasteiger partial charge on any atom is 0.283 e. The zero-order chi connectivity index (χ0) is 19.4. The van der Waals surface area contributed by atoms with Gasteiger partial charge in [0, 0.05) is 6.54 Å². The van der Waals surface area contributed by atoms with Crippen molar-refractivity contribution in [2.24, 2.45) is 4.99 Å². The number of hydrogen-bond acceptors (Lipinski definition) is 5. The van der Waals surface area contributed by atoms with Crippen molar-refractivity contribution in [1.82, 2.24) is 4.57 Å². The van der Waals surface area contributed by atoms with E-state index in [4.69, 9.17) is 14.2 Å². The second-order valence-electron chi connectivity index (χ2n) is 5.65. The zero-order valence-electron chi connectivity index (χ0n) is 15.8. The first-order valence-electron chi connectivity index (χ1n) is 8.69. The third kappa shape index (κ3) is 3.68. The van der Waals surface area contributed by atoms with Crippen LogP contribution in [0, 0.1) is 0 Å². The van der Waals surface area contributed by atoms with Gasteiger partial charge >= 0.3 is 0 Å². The number of carbonyl (C=O) groups excluding carboxylic acids is 1. The van der Waals surface area contributed by atoms with Crippen LogP contribution >= 0.6 is 11.3 Å². The summed E-state index contributed by atoms with van der Waals surface area (Å²) < 4.78 is 19.3. The Morgan fingerprint density at radius 2 is 1.93 bits per heavy atom. The van der Waals surface area contributed by atoms with E-state index in [-0.39, 0.29) is 5.91 Å². The van der Waals surface area contributed by atoms with Crippen molar-refractivity contribution in [3.8, 4) is 17.2 Å². The molecule has 0 radical (unpaired) electrons. The molecule has 0 unspecified atom stereocenters. The van der Waals surface area contributed by atoms with Crippen LogP contribution < -0.4 is 19.0 Å². The predicted octanol–water partition coefficient (Wildman–Crippen LogP) is 3.88. The maximum atomic E-state index is 12.9. The molecule has 0 bridgehead atoms. The molecule has 1 aromatic heterocycles. The number of benzene rings is 2. The molecule has 0 aliphatic carbocycles. The fraction of sp³-hybridized carbons (Fsp3) is 0.300. The molecule has 0 aliphatic rings. The van der Waals surface area contributed by atoms with Crippen LogP contribution in [-0.2, 0) is 6.54 Å². The third-order valence-electron chi connectivity index (χ3n) is 4.11. The quantitative estimate of drug-likeness (QED) is 0.645. The summed E-state index contributed by atoms with van der Waals surface area (Å²) in [4.78, 5) is 17.9. The number of aromatic nitrogens is 1. The van der Waals surface area contributed by atoms with Crippen molar-refractivity contribution >= 4 is 27.5 Å². The van der Waals surface area contributed by atoms with Gasteiger partial charge in [-0.2, -0.15) is 4.99 Å². The van der Waals surface area contributed by atoms with Gasteiger partial charge in [-0.05, 0) is 44.2 Å². The molecule has 7 heteroatoms. The van der Waals surface area contributed by atoms with Crippen LogP contribution in [0.5, 0.6) is 17.2 Å². The average molecular weight is 386 g/mol. The van der Waals surface area contributed by atoms with Crippen molar-refractivity contribution in [2.45, 2.75) is 20.4 Å². The molecule has 1 amide bonds. The third-order valence-corrected chi connectivity index (χ3v) is 5.16. The van der Waals surface area contributed by atoms with Gasteiger partial charge in [0.15, 0.2) is 4.80 Å². The molecule has 0 atom stereocenters. The van der Waals surface area contributed by atoms with Crippen molar-refractivity contribution in [3.05, 3.63) is 46.8 Å². The number of carbonyl (C=O) groups is 1. The molecule has 27 heavy (non-hydrogen) atoms. The SMILES string of the molecule is CCOc1cccc2sc(=NC(=O)c3cc(OC)ccc3OC)n(CC)c12. The van der Waals surface area contributed by atoms with Gasteiger partial charge in [-0.3, -0.25) is 4.79 Å². The van der Waals surface area contributed by atoms with Gasteiger partial charge in [-0.15, -0.1) is 0 Å². The van der Waals surface area contributed by atoms with Crippen LogP contribution in [0.3, 0.4) is 0 Å². The summed E-state index contributed by atoms with van der Waals surface area (Å²) in [6.45, 7) is 5.21. The van der Waals surface area contributed by atoms with Crippen LogP contribution in [0.25, 0.3) is 10.2 Å². The molecule has 2 aromatic carbocycles. The average Bonchev–Trinajstić information content (AvgIpc) is 3.05. The second-order valence-corrected chi connectivity index (χ2v) is 6.66. The van der Waals surface area contributed by atoms with Crippen LogP contribution in [0.2, 0.25) is 0 Å². The minimum atomic E-state index is -0.377. The second kappa shape index (κ2) is 8.26. The minimum Gasteiger partial charge on any atom is -0.497 e. The highest BCUT2D eigenvalue weighted by Gasteiger charge is 2.15. The zero-order valence-corrected chi connectivity index (χ0v) is 16.6. The Morgan fingerprint density at radius 3 is 2.59 bits per heavy atom. The Labute approximate surface area is 161 Å². The highest BCUT2D eigenvalue weighted by molar-refractivity contribution is 7.16. The number of para-hydroxylation sites is 1. The number of nitrogens with zero attached hydrogens (tertiary/aromatic N) is 2. The fourth-order valence-electron chi connectivity index (χ4n) is 2.88. The topological polar surface area (TPSA) is 62.1 Å². The lowest BCUT2D eigenvalue weighted by Gasteiger charge is -2.08. The van der Waals surface area contributed by atoms with Gasteiger partial charge in [0.05, 0.1) is 31.1 Å². The summed E-state index contributed by atoms with van der Waals surface area (Å²) >= 11 is 1.46. The lowest BCUT2D eigenvalue weighted by atomic mass is 10.2. The first kappa shape index (κ1) is 19.0. The number of thiazole rings is 1. The number of hydrogen-bond donors (Lipinski definition) is 0. The highest BCUT2D eigenvalue weighted by Crippen LogP contribution is 2.28. The van der Waals surface area contributed by atoms with E-state index < -0.39 is 0 Å². The van der Waals surface area contributed by atoms with Crippen molar-refractivity contribution in [1.29, 1.82) is 0 Å². The van der Waals surface area contributed by atoms with Crippen molar-refractivity contribution < 1.29 is 19.0 Å². The van der Waals surface area contributed by atoms with E-state index in [1.807, 2.05) is 36.6 Å². The molecule has 0 N–H and O–H groups in total. The van der Waals surface area contributed by atoms with Crippen LogP contribution in [-0.4, -0.2) is 31.3 Å². The molecule has 3 rings (SSSR count). The van der Waals surface area contributed by atoms with E-state index >= 15 is 0 Å². The predicted molar refractivity (Wildman–Crippen MR) is 106 cm³/mol. The van der Waals surface area contributed by atoms with E-state index in [1.165, 1.54) is 18.4 Å². The number of aryl methyl sites for hydroxylation is 1. The summed E-state index contributed by atoms with van der Waals surface area (Å²) in [6.07, 6.45) is 0. The maximum absolute atomic E-state index is 12.9. The summed E-state index contributed by atoms with van der Waals surface area (Å²) in [5, 5.41) is 0. The molecule has 0 fully saturated rings. The summed E-state index contributed by atoms with van der Waals surface area (Å²) in [7, 11) is 3.08. The number of amides is 1. The molecule has 0 aliphatic heterocycles. The van der Waals surface area contributed by atoms with Crippen LogP contribution in [0.15, 0.2) is 41.4 Å². The molecule has 6 nitrogen and oxygen atoms in total. The largest absolute Gasteiger partial charge is 0.497 e. The summed E-state index contributed by atoms with van der Waals surface area (Å²) in [5.74, 6) is 1.45. The van der Waals surface area contributed by atoms with Crippen LogP contribution in [0.4, 0.5) is 0 Å². The molecule has 0 saturated carbocycles. The molecule has 1 heterocycles. The molecular formula is C20H22N2O4S. The lowest BCUT2D eigenvalue weighted by Crippen LogP contribution is -2.16. The van der Waals surface area contributed by atoms with Gasteiger partial charge in [0.2, 0.25) is 0 Å². The van der Waals surface area contributed by atoms with Gasteiger partial charge in [0.1, 0.15) is 22.8 Å². The van der Waals surface area contributed by atoms with E-state index in [2.05, 4.69) is 4.99 Å². The van der Waals surface area contributed by atoms with Gasteiger partial charge in [-0.1, -0.05) is 17.4 Å². The molecule has 0 spiro atoms. The van der Waals surface area contributed by atoms with E-state index in [0.29, 0.717) is 35.0 Å². The molecule has 0 saturated heterocycles. The molecule has 3 aromatic rings. The summed E-state index contributed by atoms with van der Waals surface area (Å²) in [5.41, 5.74) is 1.32. The standard InChI is InChI=1S/C20H22N2O4S/c1-5-22-18-16(26-6-2)8-7-9-17(18)27-20(22)21-19(23)14-12-13(24-3)10-11-15(14)25-4/h7-12H,5-6H2,1-4H3. The Morgan fingerprint density at radius 1 is 1.11 bits per heavy atom. The van der Waals surface area contributed by atoms with Gasteiger partial charge < -0.3 is 18.8 Å². The van der Waals surface area contributed by atoms with Gasteiger partial charge in [-0.25, -0.2) is 0 Å². The summed E-state index contributed by atoms with van der Waals surface area (Å²) in [6, 6.07) is 11.0. The number of fused-ring (bicyclic) bond motifs is 1. The normalized spacial score (nSPS) is 11.6. The lowest BCUT2D eigenvalue weighted by molar-refractivity contribution is 0.0994. The monoisotopic (exact) mass is 386 g/mol. The number of ether oxygens (including phenoxy) is 3. The smallest absolute Gasteiger partial charge is 0.283 e. The Balaban J connectivity index is 2.16. The highest BCUT2D eigenvalue weighted by atomic mass is 32.1. The van der Waals surface area contributed by atoms with Crippen molar-refractivity contribution in [3.63, 3.8) is 0 Å². The van der Waals surface area contributed by atoms with E-state index in [1.54, 1.807) is 25.3 Å². The minimum absolute atomic E-state index is 0.363. The molecular weight excluding hydrogens is 364 g/mol. The van der Waals surface area contributed by atoms with Crippen LogP contribution in [0.1, 0.15) is 24.2 Å². The fourth-order valence-corrected chi connectivity index (χ4v) is 3.99. The van der Waals surface area contributed by atoms with E-state index in [0.717, 1.165) is 16.0 Å². The number of methoxy groups -OCH3 is 2. The Bertz CT molecular complexity index is 1040. The first-order valence-corrected chi connectivity index (χ1v) is 9.50. The van der Waals surface area contributed by atoms with Crippen molar-refractivity contribution in [2.75, 3.05) is 20.8 Å². The van der Waals surface area contributed by atoms with Gasteiger partial charge in [0.25, 0.3) is 5.91 Å². The Hall–Kier alpha value is -2.80.